The molecule has 4 heteroatoms. The first kappa shape index (κ1) is 15.8. The van der Waals surface area contributed by atoms with Gasteiger partial charge in [-0.3, -0.25) is 0 Å². The molecule has 0 saturated heterocycles. The van der Waals surface area contributed by atoms with E-state index in [1.165, 1.54) is 0 Å². The van der Waals surface area contributed by atoms with Gasteiger partial charge in [-0.05, 0) is 37.0 Å². The highest BCUT2D eigenvalue weighted by molar-refractivity contribution is 4.85. The Morgan fingerprint density at radius 3 is 2.17 bits per heavy atom. The summed E-state index contributed by atoms with van der Waals surface area (Å²) in [5, 5.41) is 10.1. The number of aliphatic hydroxyl groups excluding tert-OH is 1. The molecule has 3 unspecified atom stereocenters. The Hall–Kier alpha value is -0.250. The zero-order valence-corrected chi connectivity index (χ0v) is 11.6. The van der Waals surface area contributed by atoms with Gasteiger partial charge in [-0.2, -0.15) is 13.2 Å². The molecule has 0 aromatic rings. The van der Waals surface area contributed by atoms with Gasteiger partial charge in [0, 0.05) is 0 Å². The van der Waals surface area contributed by atoms with Crippen LogP contribution in [-0.4, -0.2) is 17.4 Å². The third kappa shape index (κ3) is 4.79. The lowest BCUT2D eigenvalue weighted by Crippen LogP contribution is -2.39. The van der Waals surface area contributed by atoms with Crippen LogP contribution in [0.2, 0.25) is 0 Å². The molecule has 1 N–H and O–H groups in total. The number of hydrogen-bond donors (Lipinski definition) is 1. The first-order valence-corrected chi connectivity index (χ1v) is 6.86. The number of alkyl halides is 3. The summed E-state index contributed by atoms with van der Waals surface area (Å²) in [6.07, 6.45) is -1.60. The molecule has 0 aromatic carbocycles. The predicted molar refractivity (Wildman–Crippen MR) is 66.2 cm³/mol. The Labute approximate surface area is 108 Å². The molecule has 18 heavy (non-hydrogen) atoms. The maximum atomic E-state index is 12.9. The van der Waals surface area contributed by atoms with E-state index in [1.54, 1.807) is 0 Å². The van der Waals surface area contributed by atoms with Crippen LogP contribution in [0.15, 0.2) is 0 Å². The molecule has 0 spiro atoms. The van der Waals surface area contributed by atoms with Gasteiger partial charge in [0.25, 0.3) is 0 Å². The smallest absolute Gasteiger partial charge is 0.392 e. The second-order valence-corrected chi connectivity index (χ2v) is 6.76. The fraction of sp³-hybridized carbons (Fsp3) is 1.00. The van der Waals surface area contributed by atoms with Crippen LogP contribution in [0.4, 0.5) is 13.2 Å². The summed E-state index contributed by atoms with van der Waals surface area (Å²) in [5.41, 5.74) is 0.0589. The molecular weight excluding hydrogens is 241 g/mol. The van der Waals surface area contributed by atoms with Gasteiger partial charge in [0.05, 0.1) is 12.0 Å². The summed E-state index contributed by atoms with van der Waals surface area (Å²) < 4.78 is 38.7. The lowest BCUT2D eigenvalue weighted by Gasteiger charge is -2.36. The minimum atomic E-state index is -4.16. The highest BCUT2D eigenvalue weighted by Gasteiger charge is 2.47. The van der Waals surface area contributed by atoms with Crippen LogP contribution in [-0.2, 0) is 0 Å². The Bertz CT molecular complexity index is 255. The Morgan fingerprint density at radius 2 is 1.67 bits per heavy atom. The predicted octanol–water partition coefficient (Wildman–Crippen LogP) is 4.54. The van der Waals surface area contributed by atoms with Crippen molar-refractivity contribution < 1.29 is 18.3 Å². The van der Waals surface area contributed by atoms with E-state index < -0.39 is 24.1 Å². The monoisotopic (exact) mass is 266 g/mol. The SMILES string of the molecule is CC(C)(C)CCC(O)C1CCCCC1C(F)(F)F. The van der Waals surface area contributed by atoms with E-state index >= 15 is 0 Å². The average Bonchev–Trinajstić information content (AvgIpc) is 2.24. The quantitative estimate of drug-likeness (QED) is 0.795. The van der Waals surface area contributed by atoms with Crippen molar-refractivity contribution in [3.63, 3.8) is 0 Å². The largest absolute Gasteiger partial charge is 0.393 e. The van der Waals surface area contributed by atoms with Gasteiger partial charge in [0.2, 0.25) is 0 Å². The van der Waals surface area contributed by atoms with E-state index in [9.17, 15) is 18.3 Å². The zero-order valence-electron chi connectivity index (χ0n) is 11.6. The summed E-state index contributed by atoms with van der Waals surface area (Å²) in [6.45, 7) is 6.13. The van der Waals surface area contributed by atoms with E-state index in [0.717, 1.165) is 12.8 Å². The molecule has 3 atom stereocenters. The molecule has 0 amide bonds. The van der Waals surface area contributed by atoms with E-state index in [2.05, 4.69) is 0 Å². The van der Waals surface area contributed by atoms with Gasteiger partial charge >= 0.3 is 6.18 Å². The standard InChI is InChI=1S/C14H25F3O/c1-13(2,3)9-8-12(18)10-6-4-5-7-11(10)14(15,16)17/h10-12,18H,4-9H2,1-3H3. The fourth-order valence-corrected chi connectivity index (χ4v) is 2.82. The third-order valence-electron chi connectivity index (χ3n) is 3.92. The summed E-state index contributed by atoms with van der Waals surface area (Å²) >= 11 is 0. The van der Waals surface area contributed by atoms with Crippen molar-refractivity contribution in [3.05, 3.63) is 0 Å². The lowest BCUT2D eigenvalue weighted by molar-refractivity contribution is -0.207. The second kappa shape index (κ2) is 5.81. The van der Waals surface area contributed by atoms with Gasteiger partial charge in [-0.25, -0.2) is 0 Å². The molecule has 108 valence electrons. The highest BCUT2D eigenvalue weighted by Crippen LogP contribution is 2.44. The van der Waals surface area contributed by atoms with E-state index in [1.807, 2.05) is 20.8 Å². The first-order valence-electron chi connectivity index (χ1n) is 6.86. The van der Waals surface area contributed by atoms with Gasteiger partial charge in [-0.15, -0.1) is 0 Å². The molecule has 0 heterocycles. The van der Waals surface area contributed by atoms with E-state index in [4.69, 9.17) is 0 Å². The summed E-state index contributed by atoms with van der Waals surface area (Å²) in [7, 11) is 0. The van der Waals surface area contributed by atoms with Crippen LogP contribution in [0.25, 0.3) is 0 Å². The van der Waals surface area contributed by atoms with Crippen LogP contribution in [0, 0.1) is 17.3 Å². The van der Waals surface area contributed by atoms with Crippen LogP contribution in [0.3, 0.4) is 0 Å². The molecule has 0 radical (unpaired) electrons. The van der Waals surface area contributed by atoms with Crippen LogP contribution in [0.1, 0.15) is 59.3 Å². The maximum absolute atomic E-state index is 12.9. The molecule has 1 rings (SSSR count). The van der Waals surface area contributed by atoms with E-state index in [0.29, 0.717) is 19.3 Å². The summed E-state index contributed by atoms with van der Waals surface area (Å²) in [6, 6.07) is 0. The van der Waals surface area contributed by atoms with Crippen LogP contribution in [0.5, 0.6) is 0 Å². The molecule has 0 aliphatic heterocycles. The first-order chi connectivity index (χ1) is 8.11. The number of hydrogen-bond acceptors (Lipinski definition) is 1. The minimum Gasteiger partial charge on any atom is -0.393 e. The maximum Gasteiger partial charge on any atom is 0.392 e. The highest BCUT2D eigenvalue weighted by atomic mass is 19.4. The van der Waals surface area contributed by atoms with Gasteiger partial charge in [0.1, 0.15) is 0 Å². The minimum absolute atomic E-state index is 0.0589. The van der Waals surface area contributed by atoms with Crippen LogP contribution >= 0.6 is 0 Å². The molecule has 1 nitrogen and oxygen atoms in total. The van der Waals surface area contributed by atoms with Crippen molar-refractivity contribution >= 4 is 0 Å². The van der Waals surface area contributed by atoms with Crippen molar-refractivity contribution in [2.75, 3.05) is 0 Å². The molecule has 1 fully saturated rings. The van der Waals surface area contributed by atoms with Crippen molar-refractivity contribution in [2.45, 2.75) is 71.6 Å². The molecule has 0 bridgehead atoms. The topological polar surface area (TPSA) is 20.2 Å². The lowest BCUT2D eigenvalue weighted by atomic mass is 9.74. The normalized spacial score (nSPS) is 28.2. The van der Waals surface area contributed by atoms with E-state index in [-0.39, 0.29) is 11.8 Å². The zero-order chi connectivity index (χ0) is 14.0. The Balaban J connectivity index is 2.60. The Morgan fingerprint density at radius 1 is 1.11 bits per heavy atom. The molecule has 1 saturated carbocycles. The summed E-state index contributed by atoms with van der Waals surface area (Å²) in [4.78, 5) is 0. The van der Waals surface area contributed by atoms with Gasteiger partial charge < -0.3 is 5.11 Å². The number of aliphatic hydroxyl groups is 1. The van der Waals surface area contributed by atoms with Crippen molar-refractivity contribution in [2.24, 2.45) is 17.3 Å². The van der Waals surface area contributed by atoms with Gasteiger partial charge in [0.15, 0.2) is 0 Å². The molecule has 1 aliphatic carbocycles. The second-order valence-electron chi connectivity index (χ2n) is 6.76. The third-order valence-corrected chi connectivity index (χ3v) is 3.92. The molecule has 0 aromatic heterocycles. The van der Waals surface area contributed by atoms with Crippen LogP contribution < -0.4 is 0 Å². The van der Waals surface area contributed by atoms with Crippen molar-refractivity contribution in [3.8, 4) is 0 Å². The van der Waals surface area contributed by atoms with Crippen molar-refractivity contribution in [1.82, 2.24) is 0 Å². The molecule has 1 aliphatic rings. The average molecular weight is 266 g/mol. The summed E-state index contributed by atoms with van der Waals surface area (Å²) in [5.74, 6) is -1.90. The van der Waals surface area contributed by atoms with Crippen molar-refractivity contribution in [1.29, 1.82) is 0 Å². The number of halogens is 3. The van der Waals surface area contributed by atoms with Gasteiger partial charge in [-0.1, -0.05) is 33.6 Å². The Kier molecular flexibility index (Phi) is 5.10. The number of rotatable bonds is 3. The molecular formula is C14H25F3O. The fourth-order valence-electron chi connectivity index (χ4n) is 2.82.